The summed E-state index contributed by atoms with van der Waals surface area (Å²) in [5.41, 5.74) is 0. The molecule has 2 rings (SSSR count). The normalized spacial score (nSPS) is 15.8. The van der Waals surface area contributed by atoms with Crippen LogP contribution in [0.15, 0.2) is 6.07 Å². The van der Waals surface area contributed by atoms with Crippen molar-refractivity contribution >= 4 is 17.5 Å². The number of carbonyl (C=O) groups is 1. The number of amides is 1. The Morgan fingerprint density at radius 2 is 2.21 bits per heavy atom. The molecule has 1 aliphatic rings. The topological polar surface area (TPSA) is 70.6 Å². The number of likely N-dealkylation sites (N-methyl/N-ethyl adjacent to an activating group) is 1. The minimum Gasteiger partial charge on any atom is -0.377 e. The number of aromatic nitrogens is 2. The van der Waals surface area contributed by atoms with Crippen LogP contribution in [0.4, 0.5) is 11.6 Å². The summed E-state index contributed by atoms with van der Waals surface area (Å²) in [6.45, 7) is 2.18. The van der Waals surface area contributed by atoms with Gasteiger partial charge in [0, 0.05) is 40.4 Å². The fourth-order valence-electron chi connectivity index (χ4n) is 1.92. The van der Waals surface area contributed by atoms with E-state index in [2.05, 4.69) is 15.3 Å². The second-order valence-electron chi connectivity index (χ2n) is 4.45. The minimum absolute atomic E-state index is 0.101. The van der Waals surface area contributed by atoms with Crippen LogP contribution in [0.25, 0.3) is 0 Å². The minimum atomic E-state index is 0.101. The highest BCUT2D eigenvalue weighted by atomic mass is 16.5. The first kappa shape index (κ1) is 13.5. The van der Waals surface area contributed by atoms with E-state index in [1.54, 1.807) is 19.1 Å². The van der Waals surface area contributed by atoms with Crippen molar-refractivity contribution in [1.82, 2.24) is 14.9 Å². The first-order valence-corrected chi connectivity index (χ1v) is 6.17. The van der Waals surface area contributed by atoms with Gasteiger partial charge in [-0.3, -0.25) is 4.79 Å². The van der Waals surface area contributed by atoms with Crippen LogP contribution in [0.1, 0.15) is 5.82 Å². The molecule has 0 spiro atoms. The number of hydrogen-bond acceptors (Lipinski definition) is 6. The van der Waals surface area contributed by atoms with Gasteiger partial charge in [0.1, 0.15) is 18.2 Å². The first-order valence-electron chi connectivity index (χ1n) is 6.17. The number of ether oxygens (including phenoxy) is 1. The van der Waals surface area contributed by atoms with Crippen LogP contribution >= 0.6 is 0 Å². The van der Waals surface area contributed by atoms with E-state index in [1.165, 1.54) is 0 Å². The van der Waals surface area contributed by atoms with E-state index in [9.17, 15) is 4.79 Å². The van der Waals surface area contributed by atoms with Gasteiger partial charge >= 0.3 is 0 Å². The Hall–Kier alpha value is -1.89. The highest BCUT2D eigenvalue weighted by Crippen LogP contribution is 2.18. The molecule has 7 heteroatoms. The summed E-state index contributed by atoms with van der Waals surface area (Å²) in [5, 5.41) is 3.00. The maximum atomic E-state index is 11.7. The third-order valence-corrected chi connectivity index (χ3v) is 3.07. The number of nitrogens with zero attached hydrogens (tertiary/aromatic N) is 4. The summed E-state index contributed by atoms with van der Waals surface area (Å²) in [7, 11) is 5.22. The Bertz CT molecular complexity index is 465. The van der Waals surface area contributed by atoms with Gasteiger partial charge in [0.25, 0.3) is 0 Å². The van der Waals surface area contributed by atoms with Crippen LogP contribution in [0.3, 0.4) is 0 Å². The molecule has 1 aliphatic heterocycles. The highest BCUT2D eigenvalue weighted by molar-refractivity contribution is 5.82. The van der Waals surface area contributed by atoms with Gasteiger partial charge in [-0.2, -0.15) is 0 Å². The van der Waals surface area contributed by atoms with Crippen molar-refractivity contribution in [2.45, 2.75) is 6.61 Å². The zero-order valence-corrected chi connectivity index (χ0v) is 11.5. The molecule has 0 atom stereocenters. The second kappa shape index (κ2) is 5.83. The van der Waals surface area contributed by atoms with Gasteiger partial charge in [0.2, 0.25) is 5.91 Å². The van der Waals surface area contributed by atoms with E-state index in [0.717, 1.165) is 18.2 Å². The number of carbonyl (C=O) groups excluding carboxylic acids is 1. The Morgan fingerprint density at radius 1 is 1.42 bits per heavy atom. The monoisotopic (exact) mass is 265 g/mol. The standard InChI is InChI=1S/C12H19N5O2/c1-13-9-6-11(15-10(14-9)8-19-3)17-5-4-16(2)12(18)7-17/h6H,4-5,7-8H2,1-3H3,(H,13,14,15). The van der Waals surface area contributed by atoms with E-state index in [1.807, 2.05) is 18.0 Å². The molecule has 7 nitrogen and oxygen atoms in total. The summed E-state index contributed by atoms with van der Waals surface area (Å²) >= 11 is 0. The number of methoxy groups -OCH3 is 1. The summed E-state index contributed by atoms with van der Waals surface area (Å²) < 4.78 is 5.06. The van der Waals surface area contributed by atoms with Crippen LogP contribution in [0.2, 0.25) is 0 Å². The zero-order valence-electron chi connectivity index (χ0n) is 11.5. The lowest BCUT2D eigenvalue weighted by Crippen LogP contribution is -2.48. The smallest absolute Gasteiger partial charge is 0.241 e. The van der Waals surface area contributed by atoms with Gasteiger partial charge in [-0.1, -0.05) is 0 Å². The van der Waals surface area contributed by atoms with Crippen molar-refractivity contribution < 1.29 is 9.53 Å². The van der Waals surface area contributed by atoms with E-state index >= 15 is 0 Å². The van der Waals surface area contributed by atoms with Gasteiger partial charge in [-0.05, 0) is 0 Å². The first-order chi connectivity index (χ1) is 9.13. The summed E-state index contributed by atoms with van der Waals surface area (Å²) in [4.78, 5) is 24.2. The molecule has 1 amide bonds. The fraction of sp³-hybridized carbons (Fsp3) is 0.583. The molecule has 0 aromatic carbocycles. The Balaban J connectivity index is 2.23. The number of piperazine rings is 1. The average Bonchev–Trinajstić information content (AvgIpc) is 2.42. The lowest BCUT2D eigenvalue weighted by Gasteiger charge is -2.32. The molecule has 0 radical (unpaired) electrons. The molecular formula is C12H19N5O2. The molecule has 1 aromatic heterocycles. The highest BCUT2D eigenvalue weighted by Gasteiger charge is 2.22. The molecule has 1 saturated heterocycles. The van der Waals surface area contributed by atoms with Crippen molar-refractivity contribution in [3.05, 3.63) is 11.9 Å². The summed E-state index contributed by atoms with van der Waals surface area (Å²) in [6.07, 6.45) is 0. The van der Waals surface area contributed by atoms with Crippen molar-refractivity contribution in [3.63, 3.8) is 0 Å². The van der Waals surface area contributed by atoms with Crippen LogP contribution < -0.4 is 10.2 Å². The van der Waals surface area contributed by atoms with Crippen molar-refractivity contribution in [1.29, 1.82) is 0 Å². The molecular weight excluding hydrogens is 246 g/mol. The Kier molecular flexibility index (Phi) is 4.16. The van der Waals surface area contributed by atoms with Crippen LogP contribution in [-0.2, 0) is 16.1 Å². The predicted octanol–water partition coefficient (Wildman–Crippen LogP) is -0.0569. The quantitative estimate of drug-likeness (QED) is 0.822. The molecule has 0 unspecified atom stereocenters. The van der Waals surface area contributed by atoms with Crippen LogP contribution in [-0.4, -0.2) is 61.6 Å². The van der Waals surface area contributed by atoms with Crippen molar-refractivity contribution in [2.24, 2.45) is 0 Å². The lowest BCUT2D eigenvalue weighted by molar-refractivity contribution is -0.129. The van der Waals surface area contributed by atoms with Crippen molar-refractivity contribution in [2.75, 3.05) is 51.1 Å². The average molecular weight is 265 g/mol. The molecule has 2 heterocycles. The molecule has 19 heavy (non-hydrogen) atoms. The molecule has 0 bridgehead atoms. The molecule has 1 aromatic rings. The van der Waals surface area contributed by atoms with Gasteiger partial charge in [0.05, 0.1) is 6.54 Å². The van der Waals surface area contributed by atoms with Crippen molar-refractivity contribution in [3.8, 4) is 0 Å². The summed E-state index contributed by atoms with van der Waals surface area (Å²) in [6, 6.07) is 1.84. The molecule has 0 saturated carbocycles. The van der Waals surface area contributed by atoms with E-state index < -0.39 is 0 Å². The van der Waals surface area contributed by atoms with Gasteiger partial charge in [-0.25, -0.2) is 9.97 Å². The molecule has 1 N–H and O–H groups in total. The van der Waals surface area contributed by atoms with Crippen LogP contribution in [0.5, 0.6) is 0 Å². The summed E-state index contributed by atoms with van der Waals surface area (Å²) in [5.74, 6) is 2.19. The second-order valence-corrected chi connectivity index (χ2v) is 4.45. The maximum absolute atomic E-state index is 11.7. The molecule has 104 valence electrons. The SMILES string of the molecule is CNc1cc(N2CCN(C)C(=O)C2)nc(COC)n1. The van der Waals surface area contributed by atoms with Gasteiger partial charge in [-0.15, -0.1) is 0 Å². The molecule has 1 fully saturated rings. The third kappa shape index (κ3) is 3.11. The molecule has 0 aliphatic carbocycles. The number of hydrogen-bond donors (Lipinski definition) is 1. The third-order valence-electron chi connectivity index (χ3n) is 3.07. The van der Waals surface area contributed by atoms with Gasteiger partial charge in [0.15, 0.2) is 5.82 Å². The maximum Gasteiger partial charge on any atom is 0.241 e. The van der Waals surface area contributed by atoms with E-state index in [4.69, 9.17) is 4.74 Å². The van der Waals surface area contributed by atoms with Crippen LogP contribution in [0, 0.1) is 0 Å². The predicted molar refractivity (Wildman–Crippen MR) is 72.1 cm³/mol. The zero-order chi connectivity index (χ0) is 13.8. The lowest BCUT2D eigenvalue weighted by atomic mass is 10.3. The number of anilines is 2. The van der Waals surface area contributed by atoms with E-state index in [0.29, 0.717) is 25.5 Å². The fourth-order valence-corrected chi connectivity index (χ4v) is 1.92. The number of nitrogens with one attached hydrogen (secondary N) is 1. The Labute approximate surface area is 112 Å². The van der Waals surface area contributed by atoms with Gasteiger partial charge < -0.3 is 19.9 Å². The Morgan fingerprint density at radius 3 is 2.84 bits per heavy atom. The number of rotatable bonds is 4. The van der Waals surface area contributed by atoms with E-state index in [-0.39, 0.29) is 5.91 Å². The largest absolute Gasteiger partial charge is 0.377 e.